The summed E-state index contributed by atoms with van der Waals surface area (Å²) < 4.78 is 22.5. The molecule has 0 spiro atoms. The van der Waals surface area contributed by atoms with Crippen molar-refractivity contribution < 1.29 is 18.0 Å². The van der Waals surface area contributed by atoms with Gasteiger partial charge in [0.15, 0.2) is 0 Å². The van der Waals surface area contributed by atoms with Gasteiger partial charge in [0.25, 0.3) is 0 Å². The average molecular weight is 396 g/mol. The smallest absolute Gasteiger partial charge is 0.238 e. The van der Waals surface area contributed by atoms with Crippen LogP contribution in [0.5, 0.6) is 0 Å². The van der Waals surface area contributed by atoms with Gasteiger partial charge in [-0.1, -0.05) is 31.4 Å². The summed E-state index contributed by atoms with van der Waals surface area (Å²) in [7, 11) is -3.71. The van der Waals surface area contributed by atoms with Crippen LogP contribution in [-0.2, 0) is 26.0 Å². The summed E-state index contributed by atoms with van der Waals surface area (Å²) in [4.78, 5) is 25.0. The lowest BCUT2D eigenvalue weighted by Gasteiger charge is -2.28. The molecule has 150 valence electrons. The van der Waals surface area contributed by atoms with E-state index >= 15 is 0 Å². The number of nitrogens with two attached hydrogens (primary N) is 1. The Hall–Kier alpha value is -1.93. The van der Waals surface area contributed by atoms with Crippen molar-refractivity contribution in [2.24, 2.45) is 10.6 Å². The van der Waals surface area contributed by atoms with Crippen molar-refractivity contribution in [3.05, 3.63) is 29.8 Å². The maximum absolute atomic E-state index is 12.5. The number of sulfonamides is 1. The van der Waals surface area contributed by atoms with Crippen LogP contribution in [0.3, 0.4) is 0 Å². The molecular formula is C19H29N3O4S. The number of primary sulfonamides is 1. The Kier molecular flexibility index (Phi) is 7.00. The van der Waals surface area contributed by atoms with Crippen LogP contribution in [0, 0.1) is 5.41 Å². The van der Waals surface area contributed by atoms with E-state index in [-0.39, 0.29) is 22.8 Å². The number of rotatable bonds is 7. The minimum Gasteiger partial charge on any atom is -0.355 e. The van der Waals surface area contributed by atoms with Crippen LogP contribution in [0.15, 0.2) is 29.2 Å². The van der Waals surface area contributed by atoms with Crippen LogP contribution in [0.25, 0.3) is 0 Å². The lowest BCUT2D eigenvalue weighted by atomic mass is 9.89. The summed E-state index contributed by atoms with van der Waals surface area (Å²) in [5.74, 6) is -0.568. The zero-order chi connectivity index (χ0) is 20.1. The van der Waals surface area contributed by atoms with Crippen molar-refractivity contribution in [1.82, 2.24) is 10.6 Å². The Labute approximate surface area is 161 Å². The molecule has 2 rings (SSSR count). The molecule has 1 aliphatic carbocycles. The third-order valence-electron chi connectivity index (χ3n) is 5.03. The number of benzene rings is 1. The summed E-state index contributed by atoms with van der Waals surface area (Å²) in [6.07, 6.45) is 5.89. The molecule has 8 heteroatoms. The van der Waals surface area contributed by atoms with Crippen molar-refractivity contribution in [2.45, 2.75) is 63.3 Å². The predicted molar refractivity (Wildman–Crippen MR) is 103 cm³/mol. The first-order chi connectivity index (χ1) is 12.6. The van der Waals surface area contributed by atoms with Crippen LogP contribution in [0.1, 0.15) is 51.5 Å². The van der Waals surface area contributed by atoms with Crippen LogP contribution in [0.4, 0.5) is 0 Å². The maximum atomic E-state index is 12.5. The number of carbonyl (C=O) groups is 2. The molecule has 0 bridgehead atoms. The summed E-state index contributed by atoms with van der Waals surface area (Å²) in [5.41, 5.74) is -0.276. The second kappa shape index (κ2) is 8.84. The highest BCUT2D eigenvalue weighted by Crippen LogP contribution is 2.21. The van der Waals surface area contributed by atoms with Crippen molar-refractivity contribution >= 4 is 21.8 Å². The molecule has 7 nitrogen and oxygen atoms in total. The van der Waals surface area contributed by atoms with Gasteiger partial charge in [0.2, 0.25) is 21.8 Å². The topological polar surface area (TPSA) is 118 Å². The standard InChI is InChI=1S/C19H29N3O4S/c1-19(2,18(24)22-15-6-4-3-5-7-15)17(23)21-13-12-14-8-10-16(11-9-14)27(20,25)26/h8-11,15H,3-7,12-13H2,1-2H3,(H,21,23)(H,22,24)(H2,20,25,26). The molecule has 1 fully saturated rings. The molecule has 1 aromatic rings. The van der Waals surface area contributed by atoms with Gasteiger partial charge < -0.3 is 10.6 Å². The van der Waals surface area contributed by atoms with E-state index in [0.29, 0.717) is 13.0 Å². The molecule has 0 saturated heterocycles. The van der Waals surface area contributed by atoms with Gasteiger partial charge in [-0.15, -0.1) is 0 Å². The highest BCUT2D eigenvalue weighted by atomic mass is 32.2. The second-order valence-corrected chi connectivity index (χ2v) is 9.19. The first-order valence-electron chi connectivity index (χ1n) is 9.32. The van der Waals surface area contributed by atoms with Crippen LogP contribution >= 0.6 is 0 Å². The Morgan fingerprint density at radius 3 is 2.22 bits per heavy atom. The Morgan fingerprint density at radius 2 is 1.67 bits per heavy atom. The summed E-state index contributed by atoms with van der Waals surface area (Å²) in [6.45, 7) is 3.61. The average Bonchev–Trinajstić information content (AvgIpc) is 2.62. The van der Waals surface area contributed by atoms with Crippen molar-refractivity contribution in [2.75, 3.05) is 6.54 Å². The Morgan fingerprint density at radius 1 is 1.07 bits per heavy atom. The number of hydrogen-bond donors (Lipinski definition) is 3. The number of carbonyl (C=O) groups excluding carboxylic acids is 2. The zero-order valence-corrected chi connectivity index (χ0v) is 16.8. The van der Waals surface area contributed by atoms with E-state index in [4.69, 9.17) is 5.14 Å². The van der Waals surface area contributed by atoms with E-state index in [0.717, 1.165) is 31.2 Å². The highest BCUT2D eigenvalue weighted by Gasteiger charge is 2.36. The van der Waals surface area contributed by atoms with E-state index in [9.17, 15) is 18.0 Å². The third-order valence-corrected chi connectivity index (χ3v) is 5.96. The van der Waals surface area contributed by atoms with Crippen molar-refractivity contribution in [3.8, 4) is 0 Å². The fourth-order valence-electron chi connectivity index (χ4n) is 3.10. The van der Waals surface area contributed by atoms with Gasteiger partial charge in [-0.25, -0.2) is 13.6 Å². The summed E-state index contributed by atoms with van der Waals surface area (Å²) >= 11 is 0. The molecule has 0 aliphatic heterocycles. The largest absolute Gasteiger partial charge is 0.355 e. The molecule has 27 heavy (non-hydrogen) atoms. The normalized spacial score (nSPS) is 16.0. The molecule has 0 aromatic heterocycles. The fourth-order valence-corrected chi connectivity index (χ4v) is 3.62. The molecular weight excluding hydrogens is 366 g/mol. The maximum Gasteiger partial charge on any atom is 0.238 e. The van der Waals surface area contributed by atoms with Gasteiger partial charge in [-0.2, -0.15) is 0 Å². The van der Waals surface area contributed by atoms with E-state index in [1.165, 1.54) is 18.6 Å². The van der Waals surface area contributed by atoms with Crippen LogP contribution < -0.4 is 15.8 Å². The van der Waals surface area contributed by atoms with Gasteiger partial charge in [0.05, 0.1) is 4.90 Å². The minimum absolute atomic E-state index is 0.0517. The van der Waals surface area contributed by atoms with Gasteiger partial charge >= 0.3 is 0 Å². The summed E-state index contributed by atoms with van der Waals surface area (Å²) in [5, 5.41) is 10.9. The number of nitrogens with one attached hydrogen (secondary N) is 2. The van der Waals surface area contributed by atoms with E-state index in [2.05, 4.69) is 10.6 Å². The molecule has 1 aliphatic rings. The zero-order valence-electron chi connectivity index (χ0n) is 16.0. The molecule has 0 heterocycles. The first kappa shape index (κ1) is 21.4. The molecule has 2 amide bonds. The quantitative estimate of drug-likeness (QED) is 0.606. The lowest BCUT2D eigenvalue weighted by molar-refractivity contribution is -0.141. The highest BCUT2D eigenvalue weighted by molar-refractivity contribution is 7.89. The third kappa shape index (κ3) is 6.04. The minimum atomic E-state index is -3.71. The molecule has 0 atom stereocenters. The van der Waals surface area contributed by atoms with Crippen molar-refractivity contribution in [3.63, 3.8) is 0 Å². The van der Waals surface area contributed by atoms with E-state index in [1.54, 1.807) is 26.0 Å². The fraction of sp³-hybridized carbons (Fsp3) is 0.579. The number of amides is 2. The van der Waals surface area contributed by atoms with Crippen LogP contribution in [-0.4, -0.2) is 32.8 Å². The van der Waals surface area contributed by atoms with E-state index < -0.39 is 15.4 Å². The SMILES string of the molecule is CC(C)(C(=O)NCCc1ccc(S(N)(=O)=O)cc1)C(=O)NC1CCCCC1. The van der Waals surface area contributed by atoms with Crippen molar-refractivity contribution in [1.29, 1.82) is 0 Å². The Bertz CT molecular complexity index is 767. The summed E-state index contributed by atoms with van der Waals surface area (Å²) in [6, 6.07) is 6.36. The molecule has 0 radical (unpaired) electrons. The predicted octanol–water partition coefficient (Wildman–Crippen LogP) is 1.47. The molecule has 0 unspecified atom stereocenters. The van der Waals surface area contributed by atoms with Gasteiger partial charge in [-0.3, -0.25) is 9.59 Å². The van der Waals surface area contributed by atoms with Gasteiger partial charge in [-0.05, 0) is 50.8 Å². The monoisotopic (exact) mass is 395 g/mol. The van der Waals surface area contributed by atoms with Gasteiger partial charge in [0, 0.05) is 12.6 Å². The second-order valence-electron chi connectivity index (χ2n) is 7.63. The molecule has 1 saturated carbocycles. The van der Waals surface area contributed by atoms with E-state index in [1.807, 2.05) is 0 Å². The molecule has 1 aromatic carbocycles. The van der Waals surface area contributed by atoms with Gasteiger partial charge in [0.1, 0.15) is 5.41 Å². The first-order valence-corrected chi connectivity index (χ1v) is 10.9. The van der Waals surface area contributed by atoms with Crippen LogP contribution in [0.2, 0.25) is 0 Å². The number of hydrogen-bond acceptors (Lipinski definition) is 4. The Balaban J connectivity index is 1.83. The molecule has 4 N–H and O–H groups in total. The lowest BCUT2D eigenvalue weighted by Crippen LogP contribution is -2.51.